The maximum atomic E-state index is 10.1. The Bertz CT molecular complexity index is 568. The van der Waals surface area contributed by atoms with Crippen molar-refractivity contribution in [1.82, 2.24) is 5.32 Å². The summed E-state index contributed by atoms with van der Waals surface area (Å²) in [5.74, 6) is 0.336. The molecular formula is C16H19NO2S. The standard InChI is InChI=1S/C16H19NO2S/c18-13-4-5-14-11(8-13)2-1-3-15(14)17-9-16(19)12-6-7-20-10-12/h4-8,10,15-19H,1-3,9H2. The Kier molecular flexibility index (Phi) is 4.05. The van der Waals surface area contributed by atoms with Crippen LogP contribution in [0.25, 0.3) is 0 Å². The van der Waals surface area contributed by atoms with Gasteiger partial charge in [-0.05, 0) is 64.9 Å². The molecule has 106 valence electrons. The lowest BCUT2D eigenvalue weighted by Gasteiger charge is -2.27. The zero-order valence-electron chi connectivity index (χ0n) is 11.2. The first-order chi connectivity index (χ1) is 9.74. The number of benzene rings is 1. The highest BCUT2D eigenvalue weighted by Crippen LogP contribution is 2.32. The molecule has 0 spiro atoms. The molecule has 3 N–H and O–H groups in total. The normalized spacial score (nSPS) is 19.6. The zero-order chi connectivity index (χ0) is 13.9. The molecule has 2 aromatic rings. The van der Waals surface area contributed by atoms with Crippen LogP contribution in [-0.4, -0.2) is 16.8 Å². The molecule has 0 bridgehead atoms. The zero-order valence-corrected chi connectivity index (χ0v) is 12.1. The summed E-state index contributed by atoms with van der Waals surface area (Å²) >= 11 is 1.60. The lowest BCUT2D eigenvalue weighted by molar-refractivity contribution is 0.168. The molecule has 0 saturated heterocycles. The maximum Gasteiger partial charge on any atom is 0.115 e. The van der Waals surface area contributed by atoms with Gasteiger partial charge in [-0.3, -0.25) is 0 Å². The van der Waals surface area contributed by atoms with Crippen molar-refractivity contribution in [3.63, 3.8) is 0 Å². The number of aliphatic hydroxyl groups is 1. The summed E-state index contributed by atoms with van der Waals surface area (Å²) in [7, 11) is 0. The van der Waals surface area contributed by atoms with E-state index in [1.165, 1.54) is 11.1 Å². The summed E-state index contributed by atoms with van der Waals surface area (Å²) < 4.78 is 0. The number of hydrogen-bond donors (Lipinski definition) is 3. The summed E-state index contributed by atoms with van der Waals surface area (Å²) in [6.45, 7) is 0.557. The topological polar surface area (TPSA) is 52.5 Å². The van der Waals surface area contributed by atoms with Crippen molar-refractivity contribution in [2.45, 2.75) is 31.4 Å². The molecule has 0 saturated carbocycles. The van der Waals surface area contributed by atoms with Crippen LogP contribution >= 0.6 is 11.3 Å². The van der Waals surface area contributed by atoms with Gasteiger partial charge in [0.1, 0.15) is 5.75 Å². The highest BCUT2D eigenvalue weighted by atomic mass is 32.1. The number of nitrogens with one attached hydrogen (secondary N) is 1. The first kappa shape index (κ1) is 13.6. The molecule has 1 aromatic heterocycles. The van der Waals surface area contributed by atoms with Crippen molar-refractivity contribution >= 4 is 11.3 Å². The lowest BCUT2D eigenvalue weighted by Crippen LogP contribution is -2.29. The van der Waals surface area contributed by atoms with E-state index >= 15 is 0 Å². The van der Waals surface area contributed by atoms with Crippen LogP contribution in [0.2, 0.25) is 0 Å². The summed E-state index contributed by atoms with van der Waals surface area (Å²) in [6.07, 6.45) is 2.76. The Morgan fingerprint density at radius 1 is 1.35 bits per heavy atom. The van der Waals surface area contributed by atoms with E-state index in [9.17, 15) is 10.2 Å². The summed E-state index contributed by atoms with van der Waals surface area (Å²) in [5, 5.41) is 27.1. The van der Waals surface area contributed by atoms with E-state index in [4.69, 9.17) is 0 Å². The van der Waals surface area contributed by atoms with Crippen molar-refractivity contribution in [3.05, 3.63) is 51.7 Å². The van der Waals surface area contributed by atoms with Gasteiger partial charge in [0.2, 0.25) is 0 Å². The van der Waals surface area contributed by atoms with Gasteiger partial charge < -0.3 is 15.5 Å². The molecule has 1 aliphatic carbocycles. The first-order valence-corrected chi connectivity index (χ1v) is 7.93. The van der Waals surface area contributed by atoms with Crippen LogP contribution in [0.1, 0.15) is 41.7 Å². The van der Waals surface area contributed by atoms with E-state index in [1.807, 2.05) is 29.0 Å². The second-order valence-corrected chi connectivity index (χ2v) is 6.09. The minimum absolute atomic E-state index is 0.271. The van der Waals surface area contributed by atoms with Crippen LogP contribution in [0.3, 0.4) is 0 Å². The Morgan fingerprint density at radius 2 is 2.25 bits per heavy atom. The number of aryl methyl sites for hydroxylation is 1. The number of phenolic OH excluding ortho intramolecular Hbond substituents is 1. The summed E-state index contributed by atoms with van der Waals surface area (Å²) in [4.78, 5) is 0. The highest BCUT2D eigenvalue weighted by Gasteiger charge is 2.21. The Morgan fingerprint density at radius 3 is 3.05 bits per heavy atom. The van der Waals surface area contributed by atoms with Crippen molar-refractivity contribution in [3.8, 4) is 5.75 Å². The van der Waals surface area contributed by atoms with Gasteiger partial charge in [0.05, 0.1) is 6.10 Å². The molecule has 0 amide bonds. The summed E-state index contributed by atoms with van der Waals surface area (Å²) in [5.41, 5.74) is 3.45. The molecule has 3 nitrogen and oxygen atoms in total. The number of hydrogen-bond acceptors (Lipinski definition) is 4. The van der Waals surface area contributed by atoms with Gasteiger partial charge >= 0.3 is 0 Å². The molecule has 1 heterocycles. The molecule has 2 atom stereocenters. The van der Waals surface area contributed by atoms with Crippen LogP contribution < -0.4 is 5.32 Å². The number of aliphatic hydroxyl groups excluding tert-OH is 1. The molecular weight excluding hydrogens is 270 g/mol. The second-order valence-electron chi connectivity index (χ2n) is 5.31. The lowest BCUT2D eigenvalue weighted by atomic mass is 9.87. The maximum absolute atomic E-state index is 10.1. The van der Waals surface area contributed by atoms with Crippen LogP contribution in [0.5, 0.6) is 5.75 Å². The minimum Gasteiger partial charge on any atom is -0.508 e. The second kappa shape index (κ2) is 5.95. The fraction of sp³-hybridized carbons (Fsp3) is 0.375. The number of fused-ring (bicyclic) bond motifs is 1. The van der Waals surface area contributed by atoms with Gasteiger partial charge in [-0.2, -0.15) is 11.3 Å². The molecule has 2 unspecified atom stereocenters. The monoisotopic (exact) mass is 289 g/mol. The number of rotatable bonds is 4. The van der Waals surface area contributed by atoms with Crippen LogP contribution in [0.15, 0.2) is 35.0 Å². The van der Waals surface area contributed by atoms with Gasteiger partial charge in [-0.1, -0.05) is 6.07 Å². The fourth-order valence-corrected chi connectivity index (χ4v) is 3.56. The third kappa shape index (κ3) is 2.87. The third-order valence-corrected chi connectivity index (χ3v) is 4.63. The molecule has 0 radical (unpaired) electrons. The average Bonchev–Trinajstić information content (AvgIpc) is 2.98. The van der Waals surface area contributed by atoms with E-state index in [1.54, 1.807) is 17.4 Å². The largest absolute Gasteiger partial charge is 0.508 e. The van der Waals surface area contributed by atoms with E-state index in [0.29, 0.717) is 12.3 Å². The predicted octanol–water partition coefficient (Wildman–Crippen LogP) is 3.15. The van der Waals surface area contributed by atoms with Crippen LogP contribution in [0, 0.1) is 0 Å². The van der Waals surface area contributed by atoms with Gasteiger partial charge in [0.25, 0.3) is 0 Å². The van der Waals surface area contributed by atoms with Gasteiger partial charge in [-0.15, -0.1) is 0 Å². The number of thiophene rings is 1. The highest BCUT2D eigenvalue weighted by molar-refractivity contribution is 7.07. The summed E-state index contributed by atoms with van der Waals surface area (Å²) in [6, 6.07) is 7.84. The Labute approximate surface area is 122 Å². The molecule has 4 heteroatoms. The number of aromatic hydroxyl groups is 1. The molecule has 0 fully saturated rings. The quantitative estimate of drug-likeness (QED) is 0.810. The van der Waals surface area contributed by atoms with E-state index in [0.717, 1.165) is 24.8 Å². The van der Waals surface area contributed by atoms with Crippen molar-refractivity contribution in [1.29, 1.82) is 0 Å². The fourth-order valence-electron chi connectivity index (χ4n) is 2.85. The average molecular weight is 289 g/mol. The molecule has 0 aliphatic heterocycles. The van der Waals surface area contributed by atoms with E-state index < -0.39 is 6.10 Å². The van der Waals surface area contributed by atoms with Gasteiger partial charge in [0.15, 0.2) is 0 Å². The van der Waals surface area contributed by atoms with Crippen molar-refractivity contribution in [2.24, 2.45) is 0 Å². The smallest absolute Gasteiger partial charge is 0.115 e. The molecule has 1 aliphatic rings. The van der Waals surface area contributed by atoms with Crippen LogP contribution in [0.4, 0.5) is 0 Å². The first-order valence-electron chi connectivity index (χ1n) is 6.99. The van der Waals surface area contributed by atoms with E-state index in [2.05, 4.69) is 5.32 Å². The van der Waals surface area contributed by atoms with Gasteiger partial charge in [-0.25, -0.2) is 0 Å². The SMILES string of the molecule is Oc1ccc2c(c1)CCCC2NCC(O)c1ccsc1. The third-order valence-electron chi connectivity index (χ3n) is 3.93. The minimum atomic E-state index is -0.455. The van der Waals surface area contributed by atoms with Crippen molar-refractivity contribution in [2.75, 3.05) is 6.54 Å². The molecule has 1 aromatic carbocycles. The Hall–Kier alpha value is -1.36. The Balaban J connectivity index is 1.67. The molecule has 3 rings (SSSR count). The van der Waals surface area contributed by atoms with E-state index in [-0.39, 0.29) is 6.04 Å². The van der Waals surface area contributed by atoms with Gasteiger partial charge in [0, 0.05) is 12.6 Å². The van der Waals surface area contributed by atoms with Crippen LogP contribution in [-0.2, 0) is 6.42 Å². The number of phenols is 1. The van der Waals surface area contributed by atoms with Crippen molar-refractivity contribution < 1.29 is 10.2 Å². The predicted molar refractivity (Wildman–Crippen MR) is 81.1 cm³/mol. The molecule has 20 heavy (non-hydrogen) atoms.